The van der Waals surface area contributed by atoms with Gasteiger partial charge < -0.3 is 10.2 Å². The second kappa shape index (κ2) is 4.75. The van der Waals surface area contributed by atoms with E-state index >= 15 is 0 Å². The van der Waals surface area contributed by atoms with Gasteiger partial charge in [-0.25, -0.2) is 8.78 Å². The lowest BCUT2D eigenvalue weighted by Gasteiger charge is -2.15. The number of halogens is 5. The molecule has 0 atom stereocenters. The molecule has 4 nitrogen and oxygen atoms in total. The summed E-state index contributed by atoms with van der Waals surface area (Å²) in [7, 11) is 0. The van der Waals surface area contributed by atoms with Crippen molar-refractivity contribution in [2.24, 2.45) is 0 Å². The maximum Gasteiger partial charge on any atom is 0.420 e. The number of pyridine rings is 1. The molecule has 9 heteroatoms. The standard InChI is InChI=1S/C9H6F5NO3/c10-8(11)6-7(18)5(9(12,13)14)3(2-15-6)1-4(16)17/h2,8,18H,1H2,(H,16,17). The highest BCUT2D eigenvalue weighted by Gasteiger charge is 2.39. The summed E-state index contributed by atoms with van der Waals surface area (Å²) in [5, 5.41) is 17.5. The van der Waals surface area contributed by atoms with E-state index < -0.39 is 47.6 Å². The molecule has 2 N–H and O–H groups in total. The molecule has 0 amide bonds. The number of aliphatic carboxylic acids is 1. The number of alkyl halides is 5. The first-order valence-corrected chi connectivity index (χ1v) is 4.42. The average molecular weight is 271 g/mol. The van der Waals surface area contributed by atoms with Crippen molar-refractivity contribution >= 4 is 5.97 Å². The van der Waals surface area contributed by atoms with Crippen LogP contribution in [0.2, 0.25) is 0 Å². The largest absolute Gasteiger partial charge is 0.505 e. The molecule has 0 fully saturated rings. The highest BCUT2D eigenvalue weighted by atomic mass is 19.4. The number of hydrogen-bond donors (Lipinski definition) is 2. The van der Waals surface area contributed by atoms with E-state index in [1.54, 1.807) is 0 Å². The van der Waals surface area contributed by atoms with Crippen molar-refractivity contribution in [3.05, 3.63) is 23.0 Å². The van der Waals surface area contributed by atoms with Crippen molar-refractivity contribution in [2.45, 2.75) is 19.0 Å². The van der Waals surface area contributed by atoms with E-state index in [0.29, 0.717) is 6.20 Å². The van der Waals surface area contributed by atoms with E-state index in [1.807, 2.05) is 0 Å². The van der Waals surface area contributed by atoms with Gasteiger partial charge in [0, 0.05) is 6.20 Å². The van der Waals surface area contributed by atoms with Crippen molar-refractivity contribution in [1.82, 2.24) is 4.98 Å². The maximum absolute atomic E-state index is 12.6. The number of aromatic hydroxyl groups is 1. The van der Waals surface area contributed by atoms with Crippen LogP contribution in [0.1, 0.15) is 23.2 Å². The minimum atomic E-state index is -5.15. The first-order chi connectivity index (χ1) is 8.14. The zero-order valence-corrected chi connectivity index (χ0v) is 8.50. The Morgan fingerprint density at radius 1 is 1.39 bits per heavy atom. The van der Waals surface area contributed by atoms with E-state index in [9.17, 15) is 26.7 Å². The van der Waals surface area contributed by atoms with E-state index in [1.165, 1.54) is 0 Å². The van der Waals surface area contributed by atoms with Crippen LogP contribution in [0.25, 0.3) is 0 Å². The normalized spacial score (nSPS) is 11.9. The van der Waals surface area contributed by atoms with Crippen LogP contribution in [-0.4, -0.2) is 21.2 Å². The molecule has 100 valence electrons. The van der Waals surface area contributed by atoms with Gasteiger partial charge in [0.05, 0.1) is 6.42 Å². The smallest absolute Gasteiger partial charge is 0.420 e. The molecule has 0 spiro atoms. The zero-order valence-electron chi connectivity index (χ0n) is 8.50. The van der Waals surface area contributed by atoms with E-state index in [2.05, 4.69) is 4.98 Å². The lowest BCUT2D eigenvalue weighted by atomic mass is 10.0. The Morgan fingerprint density at radius 3 is 2.33 bits per heavy atom. The number of rotatable bonds is 3. The second-order valence-electron chi connectivity index (χ2n) is 3.26. The molecule has 0 unspecified atom stereocenters. The predicted molar refractivity (Wildman–Crippen MR) is 47.2 cm³/mol. The molecule has 1 heterocycles. The van der Waals surface area contributed by atoms with Gasteiger partial charge in [-0.05, 0) is 5.56 Å². The van der Waals surface area contributed by atoms with Crippen molar-refractivity contribution in [1.29, 1.82) is 0 Å². The first-order valence-electron chi connectivity index (χ1n) is 4.42. The Hall–Kier alpha value is -1.93. The fraction of sp³-hybridized carbons (Fsp3) is 0.333. The summed E-state index contributed by atoms with van der Waals surface area (Å²) >= 11 is 0. The van der Waals surface area contributed by atoms with Crippen LogP contribution < -0.4 is 0 Å². The van der Waals surface area contributed by atoms with Crippen molar-refractivity contribution in [3.8, 4) is 5.75 Å². The maximum atomic E-state index is 12.6. The highest BCUT2D eigenvalue weighted by Crippen LogP contribution is 2.41. The monoisotopic (exact) mass is 271 g/mol. The van der Waals surface area contributed by atoms with Gasteiger partial charge in [-0.2, -0.15) is 13.2 Å². The van der Waals surface area contributed by atoms with E-state index in [-0.39, 0.29) is 0 Å². The molecular formula is C9H6F5NO3. The molecule has 0 saturated heterocycles. The highest BCUT2D eigenvalue weighted by molar-refractivity contribution is 5.71. The van der Waals surface area contributed by atoms with Crippen LogP contribution in [-0.2, 0) is 17.4 Å². The summed E-state index contributed by atoms with van der Waals surface area (Å²) in [6, 6.07) is 0. The Kier molecular flexibility index (Phi) is 3.73. The summed E-state index contributed by atoms with van der Waals surface area (Å²) in [5.74, 6) is -3.34. The third-order valence-corrected chi connectivity index (χ3v) is 1.99. The summed E-state index contributed by atoms with van der Waals surface area (Å²) in [6.07, 6.45) is -9.26. The SMILES string of the molecule is O=C(O)Cc1cnc(C(F)F)c(O)c1C(F)(F)F. The lowest BCUT2D eigenvalue weighted by molar-refractivity contribution is -0.140. The number of hydrogen-bond acceptors (Lipinski definition) is 3. The van der Waals surface area contributed by atoms with Gasteiger partial charge in [0.25, 0.3) is 6.43 Å². The Bertz CT molecular complexity index is 472. The molecule has 1 aromatic rings. The van der Waals surface area contributed by atoms with Gasteiger partial charge in [-0.15, -0.1) is 0 Å². The molecule has 0 aliphatic heterocycles. The van der Waals surface area contributed by atoms with Crippen LogP contribution >= 0.6 is 0 Å². The minimum Gasteiger partial charge on any atom is -0.505 e. The Labute approximate surface area is 96.7 Å². The van der Waals surface area contributed by atoms with Crippen molar-refractivity contribution in [3.63, 3.8) is 0 Å². The number of carboxylic acid groups (broad SMARTS) is 1. The lowest BCUT2D eigenvalue weighted by Crippen LogP contribution is -2.14. The fourth-order valence-electron chi connectivity index (χ4n) is 1.33. The molecule has 0 aromatic carbocycles. The predicted octanol–water partition coefficient (Wildman–Crippen LogP) is 2.37. The Balaban J connectivity index is 3.47. The molecular weight excluding hydrogens is 265 g/mol. The molecule has 1 rings (SSSR count). The zero-order chi connectivity index (χ0) is 14.1. The van der Waals surface area contributed by atoms with Crippen molar-refractivity contribution < 1.29 is 37.0 Å². The van der Waals surface area contributed by atoms with Gasteiger partial charge in [-0.3, -0.25) is 9.78 Å². The van der Waals surface area contributed by atoms with Crippen LogP contribution in [0.15, 0.2) is 6.20 Å². The van der Waals surface area contributed by atoms with Crippen LogP contribution in [0.4, 0.5) is 22.0 Å². The van der Waals surface area contributed by atoms with Crippen LogP contribution in [0.5, 0.6) is 5.75 Å². The molecule has 0 saturated carbocycles. The third-order valence-electron chi connectivity index (χ3n) is 1.99. The van der Waals surface area contributed by atoms with Gasteiger partial charge >= 0.3 is 12.1 Å². The van der Waals surface area contributed by atoms with Crippen LogP contribution in [0.3, 0.4) is 0 Å². The minimum absolute atomic E-state index is 0.373. The number of carboxylic acids is 1. The second-order valence-corrected chi connectivity index (χ2v) is 3.26. The molecule has 0 bridgehead atoms. The fourth-order valence-corrected chi connectivity index (χ4v) is 1.33. The summed E-state index contributed by atoms with van der Waals surface area (Å²) in [4.78, 5) is 13.3. The average Bonchev–Trinajstić information content (AvgIpc) is 2.13. The van der Waals surface area contributed by atoms with Gasteiger partial charge in [0.1, 0.15) is 11.3 Å². The molecule has 18 heavy (non-hydrogen) atoms. The quantitative estimate of drug-likeness (QED) is 0.828. The van der Waals surface area contributed by atoms with Gasteiger partial charge in [0.15, 0.2) is 5.75 Å². The van der Waals surface area contributed by atoms with E-state index in [0.717, 1.165) is 0 Å². The van der Waals surface area contributed by atoms with Crippen LogP contribution in [0, 0.1) is 0 Å². The van der Waals surface area contributed by atoms with Crippen molar-refractivity contribution in [2.75, 3.05) is 0 Å². The molecule has 0 radical (unpaired) electrons. The first kappa shape index (κ1) is 14.1. The molecule has 0 aliphatic carbocycles. The van der Waals surface area contributed by atoms with Gasteiger partial charge in [-0.1, -0.05) is 0 Å². The molecule has 0 aliphatic rings. The van der Waals surface area contributed by atoms with E-state index in [4.69, 9.17) is 10.2 Å². The van der Waals surface area contributed by atoms with Gasteiger partial charge in [0.2, 0.25) is 0 Å². The topological polar surface area (TPSA) is 70.4 Å². The summed E-state index contributed by atoms with van der Waals surface area (Å²) < 4.78 is 62.3. The third kappa shape index (κ3) is 2.84. The number of aromatic nitrogens is 1. The Morgan fingerprint density at radius 2 is 1.94 bits per heavy atom. The summed E-state index contributed by atoms with van der Waals surface area (Å²) in [5.41, 5.74) is -4.11. The molecule has 1 aromatic heterocycles. The summed E-state index contributed by atoms with van der Waals surface area (Å²) in [6.45, 7) is 0. The number of nitrogens with zero attached hydrogens (tertiary/aromatic N) is 1. The number of carbonyl (C=O) groups is 1.